The Balaban J connectivity index is 1.89. The van der Waals surface area contributed by atoms with E-state index < -0.39 is 11.6 Å². The fourth-order valence-electron chi connectivity index (χ4n) is 2.95. The lowest BCUT2D eigenvalue weighted by Gasteiger charge is -2.10. The van der Waals surface area contributed by atoms with Crippen molar-refractivity contribution in [3.05, 3.63) is 63.3 Å². The van der Waals surface area contributed by atoms with Crippen LogP contribution in [0.1, 0.15) is 48.7 Å². The molecule has 1 aliphatic rings. The molecule has 1 fully saturated rings. The van der Waals surface area contributed by atoms with Gasteiger partial charge in [0.1, 0.15) is 17.5 Å². The van der Waals surface area contributed by atoms with E-state index in [1.54, 1.807) is 0 Å². The van der Waals surface area contributed by atoms with Crippen LogP contribution in [0.4, 0.5) is 8.78 Å². The SMILES string of the molecule is O=c1cc(C2CCCC2)nc(Cc2cc(F)cc(F)c2)[nH]1. The minimum Gasteiger partial charge on any atom is -0.310 e. The van der Waals surface area contributed by atoms with Crippen LogP contribution in [0.2, 0.25) is 0 Å². The van der Waals surface area contributed by atoms with Crippen molar-refractivity contribution in [3.63, 3.8) is 0 Å². The molecule has 1 aliphatic carbocycles. The average Bonchev–Trinajstić information content (AvgIpc) is 2.90. The molecule has 1 aromatic carbocycles. The summed E-state index contributed by atoms with van der Waals surface area (Å²) in [5, 5.41) is 0. The number of H-pyrrole nitrogens is 1. The number of hydrogen-bond donors (Lipinski definition) is 1. The van der Waals surface area contributed by atoms with Gasteiger partial charge in [0.2, 0.25) is 0 Å². The Morgan fingerprint density at radius 2 is 1.76 bits per heavy atom. The summed E-state index contributed by atoms with van der Waals surface area (Å²) in [6.07, 6.45) is 4.62. The highest BCUT2D eigenvalue weighted by Crippen LogP contribution is 2.32. The molecule has 3 nitrogen and oxygen atoms in total. The quantitative estimate of drug-likeness (QED) is 0.942. The van der Waals surface area contributed by atoms with E-state index in [0.717, 1.165) is 37.4 Å². The summed E-state index contributed by atoms with van der Waals surface area (Å²) < 4.78 is 26.4. The topological polar surface area (TPSA) is 45.8 Å². The van der Waals surface area contributed by atoms with Crippen molar-refractivity contribution >= 4 is 0 Å². The van der Waals surface area contributed by atoms with Crippen molar-refractivity contribution in [3.8, 4) is 0 Å². The van der Waals surface area contributed by atoms with E-state index in [1.165, 1.54) is 18.2 Å². The largest absolute Gasteiger partial charge is 0.310 e. The summed E-state index contributed by atoms with van der Waals surface area (Å²) in [6, 6.07) is 4.87. The number of nitrogens with zero attached hydrogens (tertiary/aromatic N) is 1. The first kappa shape index (κ1) is 13.9. The standard InChI is InChI=1S/C16H16F2N2O/c17-12-5-10(6-13(18)8-12)7-15-19-14(9-16(21)20-15)11-3-1-2-4-11/h5-6,8-9,11H,1-4,7H2,(H,19,20,21). The normalized spacial score (nSPS) is 15.5. The molecule has 0 radical (unpaired) electrons. The maximum Gasteiger partial charge on any atom is 0.251 e. The molecule has 1 aromatic heterocycles. The third-order valence-electron chi connectivity index (χ3n) is 3.88. The molecule has 0 bridgehead atoms. The van der Waals surface area contributed by atoms with Crippen molar-refractivity contribution in [1.29, 1.82) is 0 Å². The van der Waals surface area contributed by atoms with Crippen molar-refractivity contribution in [2.45, 2.75) is 38.0 Å². The van der Waals surface area contributed by atoms with Crippen LogP contribution < -0.4 is 5.56 Å². The zero-order valence-electron chi connectivity index (χ0n) is 11.5. The van der Waals surface area contributed by atoms with Gasteiger partial charge in [0.05, 0.1) is 5.69 Å². The van der Waals surface area contributed by atoms with Crippen molar-refractivity contribution in [2.75, 3.05) is 0 Å². The Kier molecular flexibility index (Phi) is 3.82. The molecule has 3 rings (SSSR count). The zero-order valence-corrected chi connectivity index (χ0v) is 11.5. The maximum absolute atomic E-state index is 13.2. The summed E-state index contributed by atoms with van der Waals surface area (Å²) in [6.45, 7) is 0. The highest BCUT2D eigenvalue weighted by molar-refractivity contribution is 5.22. The molecule has 2 aromatic rings. The van der Waals surface area contributed by atoms with Crippen LogP contribution in [0.25, 0.3) is 0 Å². The molecule has 21 heavy (non-hydrogen) atoms. The second kappa shape index (κ2) is 5.76. The van der Waals surface area contributed by atoms with Crippen molar-refractivity contribution < 1.29 is 8.78 Å². The number of rotatable bonds is 3. The number of aromatic amines is 1. The van der Waals surface area contributed by atoms with E-state index in [0.29, 0.717) is 17.3 Å². The summed E-state index contributed by atoms with van der Waals surface area (Å²) in [7, 11) is 0. The van der Waals surface area contributed by atoms with Gasteiger partial charge in [-0.1, -0.05) is 12.8 Å². The summed E-state index contributed by atoms with van der Waals surface area (Å²) in [5.74, 6) is -0.469. The zero-order chi connectivity index (χ0) is 14.8. The molecule has 5 heteroatoms. The molecule has 0 aliphatic heterocycles. The molecule has 0 saturated heterocycles. The highest BCUT2D eigenvalue weighted by Gasteiger charge is 2.19. The first-order chi connectivity index (χ1) is 10.1. The molecular weight excluding hydrogens is 274 g/mol. The van der Waals surface area contributed by atoms with Gasteiger partial charge in [-0.05, 0) is 30.5 Å². The Morgan fingerprint density at radius 3 is 2.43 bits per heavy atom. The van der Waals surface area contributed by atoms with Gasteiger partial charge in [-0.2, -0.15) is 0 Å². The van der Waals surface area contributed by atoms with E-state index >= 15 is 0 Å². The molecule has 0 unspecified atom stereocenters. The predicted molar refractivity (Wildman–Crippen MR) is 75.2 cm³/mol. The van der Waals surface area contributed by atoms with Gasteiger partial charge in [0, 0.05) is 24.5 Å². The number of halogens is 2. The number of aromatic nitrogens is 2. The average molecular weight is 290 g/mol. The van der Waals surface area contributed by atoms with E-state index in [1.807, 2.05) is 0 Å². The lowest BCUT2D eigenvalue weighted by molar-refractivity contribution is 0.580. The van der Waals surface area contributed by atoms with Gasteiger partial charge < -0.3 is 4.98 Å². The van der Waals surface area contributed by atoms with E-state index in [4.69, 9.17) is 0 Å². The second-order valence-corrected chi connectivity index (χ2v) is 5.55. The minimum absolute atomic E-state index is 0.209. The van der Waals surface area contributed by atoms with E-state index in [2.05, 4.69) is 9.97 Å². The van der Waals surface area contributed by atoms with Crippen LogP contribution >= 0.6 is 0 Å². The Labute approximate surface area is 121 Å². The summed E-state index contributed by atoms with van der Waals surface area (Å²) >= 11 is 0. The van der Waals surface area contributed by atoms with Gasteiger partial charge in [0.25, 0.3) is 5.56 Å². The summed E-state index contributed by atoms with van der Waals surface area (Å²) in [4.78, 5) is 18.9. The van der Waals surface area contributed by atoms with Crippen LogP contribution in [0.5, 0.6) is 0 Å². The predicted octanol–water partition coefficient (Wildman–Crippen LogP) is 3.30. The monoisotopic (exact) mass is 290 g/mol. The van der Waals surface area contributed by atoms with Gasteiger partial charge in [0.15, 0.2) is 0 Å². The van der Waals surface area contributed by atoms with Crippen LogP contribution in [0.15, 0.2) is 29.1 Å². The van der Waals surface area contributed by atoms with Gasteiger partial charge in [-0.25, -0.2) is 13.8 Å². The van der Waals surface area contributed by atoms with Gasteiger partial charge in [-0.15, -0.1) is 0 Å². The van der Waals surface area contributed by atoms with Crippen molar-refractivity contribution in [2.24, 2.45) is 0 Å². The van der Waals surface area contributed by atoms with Gasteiger partial charge >= 0.3 is 0 Å². The Bertz CT molecular complexity index is 685. The second-order valence-electron chi connectivity index (χ2n) is 5.55. The van der Waals surface area contributed by atoms with Gasteiger partial charge in [-0.3, -0.25) is 4.79 Å². The lowest BCUT2D eigenvalue weighted by Crippen LogP contribution is -2.14. The third-order valence-corrected chi connectivity index (χ3v) is 3.88. The fraction of sp³-hybridized carbons (Fsp3) is 0.375. The van der Waals surface area contributed by atoms with E-state index in [-0.39, 0.29) is 12.0 Å². The maximum atomic E-state index is 13.2. The molecule has 1 heterocycles. The minimum atomic E-state index is -0.626. The smallest absolute Gasteiger partial charge is 0.251 e. The number of benzene rings is 1. The lowest BCUT2D eigenvalue weighted by atomic mass is 10.0. The first-order valence-corrected chi connectivity index (χ1v) is 7.15. The summed E-state index contributed by atoms with van der Waals surface area (Å²) in [5.41, 5.74) is 1.04. The van der Waals surface area contributed by atoms with Crippen LogP contribution in [0.3, 0.4) is 0 Å². The molecule has 0 amide bonds. The van der Waals surface area contributed by atoms with Crippen LogP contribution in [-0.4, -0.2) is 9.97 Å². The third kappa shape index (κ3) is 3.35. The molecule has 1 saturated carbocycles. The molecule has 110 valence electrons. The van der Waals surface area contributed by atoms with Crippen molar-refractivity contribution in [1.82, 2.24) is 9.97 Å². The Hall–Kier alpha value is -2.04. The van der Waals surface area contributed by atoms with Crippen LogP contribution in [0, 0.1) is 11.6 Å². The first-order valence-electron chi connectivity index (χ1n) is 7.15. The molecule has 0 atom stereocenters. The fourth-order valence-corrected chi connectivity index (χ4v) is 2.95. The molecular formula is C16H16F2N2O. The number of hydrogen-bond acceptors (Lipinski definition) is 2. The number of nitrogens with one attached hydrogen (secondary N) is 1. The van der Waals surface area contributed by atoms with E-state index in [9.17, 15) is 13.6 Å². The molecule has 1 N–H and O–H groups in total. The highest BCUT2D eigenvalue weighted by atomic mass is 19.1. The van der Waals surface area contributed by atoms with Crippen LogP contribution in [-0.2, 0) is 6.42 Å². The Morgan fingerprint density at radius 1 is 1.10 bits per heavy atom. The molecule has 0 spiro atoms.